The second-order valence-electron chi connectivity index (χ2n) is 10.5. The highest BCUT2D eigenvalue weighted by Crippen LogP contribution is 2.35. The van der Waals surface area contributed by atoms with Gasteiger partial charge in [0, 0.05) is 43.0 Å². The third-order valence-corrected chi connectivity index (χ3v) is 7.19. The Hall–Kier alpha value is -2.80. The first-order chi connectivity index (χ1) is 16.2. The first-order valence-electron chi connectivity index (χ1n) is 12.2. The van der Waals surface area contributed by atoms with Crippen molar-refractivity contribution in [2.45, 2.75) is 64.8 Å². The Morgan fingerprint density at radius 3 is 2.47 bits per heavy atom. The van der Waals surface area contributed by atoms with E-state index in [4.69, 9.17) is 0 Å². The van der Waals surface area contributed by atoms with Gasteiger partial charge in [-0.3, -0.25) is 19.0 Å². The highest BCUT2D eigenvalue weighted by molar-refractivity contribution is 6.04. The standard InChI is InChI=1S/C27H34FN3O3/c1-27(2)15-21-22(23(32)16-27)17-31(20-11-9-18(28)10-12-20)26(34)24(21)25(33)29-13-14-30(3)19-7-5-4-6-8-19/h9-12,17,19H,4-8,13-16H2,1-3H3,(H,29,33). The van der Waals surface area contributed by atoms with E-state index in [1.54, 1.807) is 0 Å². The number of benzene rings is 1. The Balaban J connectivity index is 1.64. The van der Waals surface area contributed by atoms with Crippen molar-refractivity contribution in [1.29, 1.82) is 0 Å². The molecule has 4 rings (SSSR count). The molecule has 6 nitrogen and oxygen atoms in total. The monoisotopic (exact) mass is 467 g/mol. The minimum absolute atomic E-state index is 0.0169. The van der Waals surface area contributed by atoms with Gasteiger partial charge in [-0.2, -0.15) is 0 Å². The van der Waals surface area contributed by atoms with Gasteiger partial charge >= 0.3 is 0 Å². The number of aromatic nitrogens is 1. The topological polar surface area (TPSA) is 71.4 Å². The number of ketones is 1. The number of nitrogens with one attached hydrogen (secondary N) is 1. The lowest BCUT2D eigenvalue weighted by Gasteiger charge is -2.32. The highest BCUT2D eigenvalue weighted by atomic mass is 19.1. The van der Waals surface area contributed by atoms with Gasteiger partial charge in [-0.1, -0.05) is 33.1 Å². The SMILES string of the molecule is CN(CCNC(=O)c1c2c(cn(-c3ccc(F)cc3)c1=O)C(=O)CC(C)(C)C2)C1CCCCC1. The van der Waals surface area contributed by atoms with E-state index in [0.29, 0.717) is 48.8 Å². The fourth-order valence-corrected chi connectivity index (χ4v) is 5.31. The molecular formula is C27H34FN3O3. The number of nitrogens with zero attached hydrogens (tertiary/aromatic N) is 2. The number of pyridine rings is 1. The predicted octanol–water partition coefficient (Wildman–Crippen LogP) is 4.13. The lowest BCUT2D eigenvalue weighted by Crippen LogP contribution is -2.42. The summed E-state index contributed by atoms with van der Waals surface area (Å²) >= 11 is 0. The molecule has 2 aliphatic carbocycles. The van der Waals surface area contributed by atoms with Crippen LogP contribution in [0, 0.1) is 11.2 Å². The largest absolute Gasteiger partial charge is 0.351 e. The molecule has 1 fully saturated rings. The fraction of sp³-hybridized carbons (Fsp3) is 0.519. The van der Waals surface area contributed by atoms with Crippen molar-refractivity contribution in [1.82, 2.24) is 14.8 Å². The van der Waals surface area contributed by atoms with Gasteiger partial charge in [0.05, 0.1) is 0 Å². The first-order valence-corrected chi connectivity index (χ1v) is 12.2. The van der Waals surface area contributed by atoms with Crippen LogP contribution in [0.15, 0.2) is 35.3 Å². The van der Waals surface area contributed by atoms with Crippen molar-refractivity contribution in [2.75, 3.05) is 20.1 Å². The van der Waals surface area contributed by atoms with Crippen molar-refractivity contribution in [3.05, 3.63) is 63.3 Å². The summed E-state index contributed by atoms with van der Waals surface area (Å²) in [5.74, 6) is -0.971. The molecule has 1 N–H and O–H groups in total. The van der Waals surface area contributed by atoms with Gasteiger partial charge in [-0.15, -0.1) is 0 Å². The maximum absolute atomic E-state index is 13.5. The van der Waals surface area contributed by atoms with Crippen LogP contribution in [0.1, 0.15) is 78.7 Å². The molecule has 1 aromatic heterocycles. The van der Waals surface area contributed by atoms with Crippen LogP contribution in [-0.2, 0) is 6.42 Å². The molecule has 0 radical (unpaired) electrons. The third-order valence-electron chi connectivity index (χ3n) is 7.19. The normalized spacial score (nSPS) is 18.1. The average molecular weight is 468 g/mol. The van der Waals surface area contributed by atoms with Crippen LogP contribution in [0.25, 0.3) is 5.69 Å². The summed E-state index contributed by atoms with van der Waals surface area (Å²) in [6, 6.07) is 5.99. The van der Waals surface area contributed by atoms with Gasteiger partial charge in [0.25, 0.3) is 11.5 Å². The Morgan fingerprint density at radius 1 is 1.12 bits per heavy atom. The molecule has 1 amide bonds. The number of Topliss-reactive ketones (excluding diaryl/α,β-unsaturated/α-hetero) is 1. The zero-order valence-electron chi connectivity index (χ0n) is 20.3. The van der Waals surface area contributed by atoms with Gasteiger partial charge in [0.1, 0.15) is 11.4 Å². The highest BCUT2D eigenvalue weighted by Gasteiger charge is 2.36. The molecule has 182 valence electrons. The van der Waals surface area contributed by atoms with Crippen molar-refractivity contribution in [3.63, 3.8) is 0 Å². The molecule has 1 heterocycles. The summed E-state index contributed by atoms with van der Waals surface area (Å²) < 4.78 is 14.7. The summed E-state index contributed by atoms with van der Waals surface area (Å²) in [5.41, 5.74) is 0.514. The number of carbonyl (C=O) groups excluding carboxylic acids is 2. The van der Waals surface area contributed by atoms with Crippen molar-refractivity contribution >= 4 is 11.7 Å². The van der Waals surface area contributed by atoms with Gasteiger partial charge < -0.3 is 10.2 Å². The molecule has 0 spiro atoms. The quantitative estimate of drug-likeness (QED) is 0.694. The number of hydrogen-bond donors (Lipinski definition) is 1. The summed E-state index contributed by atoms with van der Waals surface area (Å²) in [7, 11) is 2.08. The predicted molar refractivity (Wildman–Crippen MR) is 130 cm³/mol. The number of halogens is 1. The number of amides is 1. The van der Waals surface area contributed by atoms with E-state index in [1.807, 2.05) is 13.8 Å². The molecule has 1 aromatic carbocycles. The first kappa shape index (κ1) is 24.3. The lowest BCUT2D eigenvalue weighted by molar-refractivity contribution is 0.0908. The molecule has 1 saturated carbocycles. The zero-order valence-corrected chi connectivity index (χ0v) is 20.3. The molecular weight excluding hydrogens is 433 g/mol. The van der Waals surface area contributed by atoms with E-state index in [2.05, 4.69) is 17.3 Å². The van der Waals surface area contributed by atoms with E-state index in [9.17, 15) is 18.8 Å². The van der Waals surface area contributed by atoms with Crippen LogP contribution < -0.4 is 10.9 Å². The Labute approximate surface area is 200 Å². The van der Waals surface area contributed by atoms with Crippen LogP contribution in [0.3, 0.4) is 0 Å². The van der Waals surface area contributed by atoms with Crippen molar-refractivity contribution in [3.8, 4) is 5.69 Å². The van der Waals surface area contributed by atoms with Gasteiger partial charge in [-0.05, 0) is 61.6 Å². The molecule has 0 aliphatic heterocycles. The van der Waals surface area contributed by atoms with E-state index in [0.717, 1.165) is 0 Å². The second-order valence-corrected chi connectivity index (χ2v) is 10.5. The minimum atomic E-state index is -0.492. The third kappa shape index (κ3) is 5.14. The summed E-state index contributed by atoms with van der Waals surface area (Å²) in [5, 5.41) is 2.92. The Morgan fingerprint density at radius 2 is 1.79 bits per heavy atom. The van der Waals surface area contributed by atoms with Crippen LogP contribution >= 0.6 is 0 Å². The number of carbonyl (C=O) groups is 2. The molecule has 0 bridgehead atoms. The molecule has 0 atom stereocenters. The van der Waals surface area contributed by atoms with Crippen LogP contribution in [0.2, 0.25) is 0 Å². The number of fused-ring (bicyclic) bond motifs is 1. The Kier molecular flexibility index (Phi) is 7.03. The number of hydrogen-bond acceptors (Lipinski definition) is 4. The van der Waals surface area contributed by atoms with Crippen LogP contribution in [0.4, 0.5) is 4.39 Å². The maximum atomic E-state index is 13.5. The molecule has 2 aromatic rings. The van der Waals surface area contributed by atoms with Gasteiger partial charge in [-0.25, -0.2) is 4.39 Å². The zero-order chi connectivity index (χ0) is 24.5. The number of rotatable bonds is 6. The number of likely N-dealkylation sites (N-methyl/N-ethyl adjacent to an activating group) is 1. The minimum Gasteiger partial charge on any atom is -0.351 e. The van der Waals surface area contributed by atoms with Crippen molar-refractivity contribution < 1.29 is 14.0 Å². The second kappa shape index (κ2) is 9.82. The fourth-order valence-electron chi connectivity index (χ4n) is 5.31. The molecule has 34 heavy (non-hydrogen) atoms. The van der Waals surface area contributed by atoms with Gasteiger partial charge in [0.15, 0.2) is 5.78 Å². The van der Waals surface area contributed by atoms with Gasteiger partial charge in [0.2, 0.25) is 0 Å². The van der Waals surface area contributed by atoms with Crippen LogP contribution in [0.5, 0.6) is 0 Å². The molecule has 0 unspecified atom stereocenters. The van der Waals surface area contributed by atoms with Crippen molar-refractivity contribution in [2.24, 2.45) is 5.41 Å². The van der Waals surface area contributed by atoms with Crippen LogP contribution in [-0.4, -0.2) is 47.3 Å². The Bertz CT molecular complexity index is 1130. The van der Waals surface area contributed by atoms with E-state index in [1.165, 1.54) is 67.1 Å². The van der Waals surface area contributed by atoms with E-state index >= 15 is 0 Å². The summed E-state index contributed by atoms with van der Waals surface area (Å²) in [4.78, 5) is 42.1. The van der Waals surface area contributed by atoms with E-state index < -0.39 is 17.3 Å². The smallest absolute Gasteiger partial charge is 0.268 e. The summed E-state index contributed by atoms with van der Waals surface area (Å²) in [6.45, 7) is 5.06. The maximum Gasteiger partial charge on any atom is 0.268 e. The molecule has 7 heteroatoms. The summed E-state index contributed by atoms with van der Waals surface area (Å²) in [6.07, 6.45) is 8.44. The average Bonchev–Trinajstić information content (AvgIpc) is 2.79. The van der Waals surface area contributed by atoms with E-state index in [-0.39, 0.29) is 16.8 Å². The molecule has 0 saturated heterocycles. The lowest BCUT2D eigenvalue weighted by atomic mass is 9.73. The molecule has 2 aliphatic rings.